The van der Waals surface area contributed by atoms with Crippen molar-refractivity contribution in [1.29, 1.82) is 0 Å². The third-order valence-electron chi connectivity index (χ3n) is 6.88. The van der Waals surface area contributed by atoms with Gasteiger partial charge in [-0.3, -0.25) is 14.2 Å². The molecule has 1 N–H and O–H groups in total. The van der Waals surface area contributed by atoms with Gasteiger partial charge < -0.3 is 19.5 Å². The molecule has 5 rings (SSSR count). The Labute approximate surface area is 208 Å². The SMILES string of the molecule is CC[C@]12O[C@@H](n3cc(C)c(=O)n(COCc4ccccc4)c3=O)[C@@H](NC1=O)C2OCc1ccccc1. The molecule has 0 radical (unpaired) electrons. The number of benzene rings is 2. The molecule has 2 aliphatic heterocycles. The fraction of sp³-hybridized carbons (Fsp3) is 0.370. The van der Waals surface area contributed by atoms with E-state index in [9.17, 15) is 14.4 Å². The van der Waals surface area contributed by atoms with Crippen LogP contribution >= 0.6 is 0 Å². The van der Waals surface area contributed by atoms with Gasteiger partial charge >= 0.3 is 5.69 Å². The van der Waals surface area contributed by atoms with Gasteiger partial charge in [-0.2, -0.15) is 0 Å². The zero-order valence-electron chi connectivity index (χ0n) is 20.3. The van der Waals surface area contributed by atoms with Gasteiger partial charge in [0, 0.05) is 11.8 Å². The van der Waals surface area contributed by atoms with Crippen LogP contribution in [0.4, 0.5) is 0 Å². The zero-order chi connectivity index (χ0) is 25.3. The van der Waals surface area contributed by atoms with Crippen molar-refractivity contribution >= 4 is 5.91 Å². The maximum absolute atomic E-state index is 13.4. The van der Waals surface area contributed by atoms with E-state index in [-0.39, 0.29) is 19.2 Å². The molecule has 36 heavy (non-hydrogen) atoms. The number of hydrogen-bond donors (Lipinski definition) is 1. The summed E-state index contributed by atoms with van der Waals surface area (Å²) in [6, 6.07) is 18.6. The van der Waals surface area contributed by atoms with E-state index in [0.29, 0.717) is 18.6 Å². The topological polar surface area (TPSA) is 101 Å². The van der Waals surface area contributed by atoms with Gasteiger partial charge in [0.2, 0.25) is 0 Å². The minimum absolute atomic E-state index is 0.204. The van der Waals surface area contributed by atoms with Crippen molar-refractivity contribution in [2.75, 3.05) is 0 Å². The first-order valence-corrected chi connectivity index (χ1v) is 12.0. The van der Waals surface area contributed by atoms with Gasteiger partial charge in [-0.15, -0.1) is 0 Å². The molecule has 9 nitrogen and oxygen atoms in total. The molecule has 1 amide bonds. The lowest BCUT2D eigenvalue weighted by Crippen LogP contribution is -2.51. The maximum Gasteiger partial charge on any atom is 0.335 e. The predicted octanol–water partition coefficient (Wildman–Crippen LogP) is 2.25. The van der Waals surface area contributed by atoms with Crippen molar-refractivity contribution in [3.8, 4) is 0 Å². The second kappa shape index (κ2) is 9.85. The van der Waals surface area contributed by atoms with Gasteiger partial charge in [0.25, 0.3) is 11.5 Å². The van der Waals surface area contributed by atoms with E-state index < -0.39 is 35.2 Å². The van der Waals surface area contributed by atoms with Crippen LogP contribution in [0.2, 0.25) is 0 Å². The van der Waals surface area contributed by atoms with E-state index in [1.165, 1.54) is 10.8 Å². The van der Waals surface area contributed by atoms with E-state index in [4.69, 9.17) is 14.2 Å². The van der Waals surface area contributed by atoms with Crippen LogP contribution in [0.3, 0.4) is 0 Å². The number of rotatable bonds is 9. The van der Waals surface area contributed by atoms with Gasteiger partial charge in [-0.25, -0.2) is 9.36 Å². The second-order valence-electron chi connectivity index (χ2n) is 9.17. The van der Waals surface area contributed by atoms with Gasteiger partial charge in [0.15, 0.2) is 11.8 Å². The molecule has 0 aliphatic carbocycles. The molecule has 4 atom stereocenters. The lowest BCUT2D eigenvalue weighted by atomic mass is 9.95. The summed E-state index contributed by atoms with van der Waals surface area (Å²) in [5.74, 6) is -0.256. The van der Waals surface area contributed by atoms with Crippen molar-refractivity contribution in [3.63, 3.8) is 0 Å². The number of morpholine rings is 1. The zero-order valence-corrected chi connectivity index (χ0v) is 20.3. The van der Waals surface area contributed by atoms with Crippen molar-refractivity contribution in [2.45, 2.75) is 64.2 Å². The molecular weight excluding hydrogens is 462 g/mol. The molecule has 1 aromatic heterocycles. The Bertz CT molecular complexity index is 1350. The van der Waals surface area contributed by atoms with Crippen molar-refractivity contribution in [3.05, 3.63) is 104 Å². The summed E-state index contributed by atoms with van der Waals surface area (Å²) >= 11 is 0. The molecule has 0 spiro atoms. The first-order valence-electron chi connectivity index (χ1n) is 12.0. The summed E-state index contributed by atoms with van der Waals surface area (Å²) in [5, 5.41) is 2.96. The molecule has 2 bridgehead atoms. The van der Waals surface area contributed by atoms with E-state index in [1.807, 2.05) is 67.6 Å². The number of nitrogens with zero attached hydrogens (tertiary/aromatic N) is 2. The maximum atomic E-state index is 13.4. The average molecular weight is 492 g/mol. The van der Waals surface area contributed by atoms with Crippen LogP contribution < -0.4 is 16.6 Å². The molecule has 0 saturated carbocycles. The Morgan fingerprint density at radius 2 is 1.61 bits per heavy atom. The predicted molar refractivity (Wildman–Crippen MR) is 131 cm³/mol. The van der Waals surface area contributed by atoms with Gasteiger partial charge in [-0.1, -0.05) is 67.6 Å². The largest absolute Gasteiger partial charge is 0.368 e. The number of amides is 1. The molecule has 2 saturated heterocycles. The fourth-order valence-electron chi connectivity index (χ4n) is 4.96. The highest BCUT2D eigenvalue weighted by molar-refractivity contribution is 5.90. The third-order valence-corrected chi connectivity index (χ3v) is 6.88. The first kappa shape index (κ1) is 24.2. The summed E-state index contributed by atoms with van der Waals surface area (Å²) in [6.07, 6.45) is 0.435. The lowest BCUT2D eigenvalue weighted by Gasteiger charge is -2.30. The van der Waals surface area contributed by atoms with Crippen LogP contribution in [0.25, 0.3) is 0 Å². The van der Waals surface area contributed by atoms with Crippen molar-refractivity contribution < 1.29 is 19.0 Å². The van der Waals surface area contributed by atoms with Gasteiger partial charge in [-0.05, 0) is 24.5 Å². The van der Waals surface area contributed by atoms with E-state index >= 15 is 0 Å². The Kier molecular flexibility index (Phi) is 6.61. The Morgan fingerprint density at radius 1 is 0.972 bits per heavy atom. The normalized spacial score (nSPS) is 24.7. The number of carbonyl (C=O) groups excluding carboxylic acids is 1. The minimum atomic E-state index is -1.22. The van der Waals surface area contributed by atoms with Gasteiger partial charge in [0.05, 0.1) is 13.2 Å². The molecule has 2 aliphatic rings. The second-order valence-corrected chi connectivity index (χ2v) is 9.17. The molecule has 188 valence electrons. The van der Waals surface area contributed by atoms with Crippen LogP contribution in [0.5, 0.6) is 0 Å². The van der Waals surface area contributed by atoms with Crippen LogP contribution in [0.15, 0.2) is 76.4 Å². The fourth-order valence-corrected chi connectivity index (χ4v) is 4.96. The molecular formula is C27H29N3O6. The number of ether oxygens (including phenoxy) is 3. The summed E-state index contributed by atoms with van der Waals surface area (Å²) in [5.41, 5.74) is 0.0413. The monoisotopic (exact) mass is 491 g/mol. The summed E-state index contributed by atoms with van der Waals surface area (Å²) in [4.78, 5) is 39.1. The summed E-state index contributed by atoms with van der Waals surface area (Å²) in [6.45, 7) is 3.85. The Balaban J connectivity index is 1.41. The van der Waals surface area contributed by atoms with Crippen molar-refractivity contribution in [2.24, 2.45) is 0 Å². The standard InChI is InChI=1S/C27H29N3O6/c1-3-27-22(35-16-20-12-8-5-9-13-20)21(28-25(27)32)24(36-27)29-14-18(2)23(31)30(26(29)33)17-34-15-19-10-6-4-7-11-19/h4-14,21-22,24H,3,15-17H2,1-2H3,(H,28,32)/t21-,22?,24+,27+/m0/s1. The highest BCUT2D eigenvalue weighted by atomic mass is 16.6. The van der Waals surface area contributed by atoms with E-state index in [0.717, 1.165) is 15.7 Å². The molecule has 2 aromatic carbocycles. The third kappa shape index (κ3) is 4.19. The van der Waals surface area contributed by atoms with Crippen LogP contribution in [0.1, 0.15) is 36.3 Å². The molecule has 2 fully saturated rings. The molecule has 3 aromatic rings. The quantitative estimate of drug-likeness (QED) is 0.493. The van der Waals surface area contributed by atoms with E-state index in [2.05, 4.69) is 5.32 Å². The molecule has 9 heteroatoms. The van der Waals surface area contributed by atoms with Crippen LogP contribution in [-0.2, 0) is 38.9 Å². The number of fused-ring (bicyclic) bond motifs is 2. The number of aromatic nitrogens is 2. The lowest BCUT2D eigenvalue weighted by molar-refractivity contribution is -0.166. The van der Waals surface area contributed by atoms with E-state index in [1.54, 1.807) is 6.92 Å². The highest BCUT2D eigenvalue weighted by Gasteiger charge is 2.66. The molecule has 3 heterocycles. The molecule has 1 unspecified atom stereocenters. The number of nitrogens with one attached hydrogen (secondary N) is 1. The minimum Gasteiger partial charge on any atom is -0.368 e. The first-order chi connectivity index (χ1) is 17.4. The van der Waals surface area contributed by atoms with Crippen molar-refractivity contribution in [1.82, 2.24) is 14.5 Å². The average Bonchev–Trinajstić information content (AvgIpc) is 3.36. The number of hydrogen-bond acceptors (Lipinski definition) is 6. The summed E-state index contributed by atoms with van der Waals surface area (Å²) in [7, 11) is 0. The smallest absolute Gasteiger partial charge is 0.335 e. The van der Waals surface area contributed by atoms with Crippen LogP contribution in [0, 0.1) is 6.92 Å². The number of carbonyl (C=O) groups is 1. The summed E-state index contributed by atoms with van der Waals surface area (Å²) < 4.78 is 20.6. The Morgan fingerprint density at radius 3 is 2.25 bits per heavy atom. The van der Waals surface area contributed by atoms with Crippen LogP contribution in [-0.4, -0.2) is 32.8 Å². The number of aryl methyl sites for hydroxylation is 1. The highest BCUT2D eigenvalue weighted by Crippen LogP contribution is 2.45. The van der Waals surface area contributed by atoms with Gasteiger partial charge in [0.1, 0.15) is 18.9 Å². The Hall–Kier alpha value is -3.53.